The van der Waals surface area contributed by atoms with E-state index in [4.69, 9.17) is 15.2 Å². The molecule has 1 saturated heterocycles. The standard InChI is InChI=1S/C9H12N2O3/c10-6-2-1-3-11-9(6)14-8-5-13-4-7(8)12/h1-3,7-8,12H,4-5,10H2/t7-,8-/m1/s1. The molecular weight excluding hydrogens is 184 g/mol. The van der Waals surface area contributed by atoms with Crippen molar-refractivity contribution in [2.24, 2.45) is 0 Å². The van der Waals surface area contributed by atoms with Gasteiger partial charge in [0.25, 0.3) is 0 Å². The molecule has 1 aliphatic rings. The van der Waals surface area contributed by atoms with Crippen LogP contribution < -0.4 is 10.5 Å². The second kappa shape index (κ2) is 3.81. The minimum atomic E-state index is -0.601. The molecule has 0 bridgehead atoms. The van der Waals surface area contributed by atoms with Gasteiger partial charge in [-0.15, -0.1) is 0 Å². The molecule has 5 heteroatoms. The Balaban J connectivity index is 2.07. The van der Waals surface area contributed by atoms with Gasteiger partial charge in [0.05, 0.1) is 18.9 Å². The van der Waals surface area contributed by atoms with E-state index >= 15 is 0 Å². The lowest BCUT2D eigenvalue weighted by Gasteiger charge is -2.15. The molecule has 0 spiro atoms. The summed E-state index contributed by atoms with van der Waals surface area (Å²) in [7, 11) is 0. The fraction of sp³-hybridized carbons (Fsp3) is 0.444. The summed E-state index contributed by atoms with van der Waals surface area (Å²) in [6, 6.07) is 3.42. The van der Waals surface area contributed by atoms with Gasteiger partial charge >= 0.3 is 0 Å². The number of nitrogens with zero attached hydrogens (tertiary/aromatic N) is 1. The lowest BCUT2D eigenvalue weighted by atomic mass is 10.2. The highest BCUT2D eigenvalue weighted by Gasteiger charge is 2.28. The van der Waals surface area contributed by atoms with Gasteiger partial charge < -0.3 is 20.3 Å². The number of anilines is 1. The maximum atomic E-state index is 9.42. The van der Waals surface area contributed by atoms with E-state index in [1.54, 1.807) is 18.3 Å². The van der Waals surface area contributed by atoms with Crippen LogP contribution in [-0.4, -0.2) is 35.5 Å². The number of rotatable bonds is 2. The second-order valence-electron chi connectivity index (χ2n) is 3.16. The Morgan fingerprint density at radius 2 is 2.43 bits per heavy atom. The van der Waals surface area contributed by atoms with Crippen molar-refractivity contribution in [1.82, 2.24) is 4.98 Å². The maximum absolute atomic E-state index is 9.42. The molecule has 0 amide bonds. The highest BCUT2D eigenvalue weighted by atomic mass is 16.6. The zero-order chi connectivity index (χ0) is 9.97. The van der Waals surface area contributed by atoms with E-state index in [0.29, 0.717) is 24.8 Å². The van der Waals surface area contributed by atoms with Crippen molar-refractivity contribution < 1.29 is 14.6 Å². The first-order valence-electron chi connectivity index (χ1n) is 4.40. The van der Waals surface area contributed by atoms with Crippen LogP contribution >= 0.6 is 0 Å². The summed E-state index contributed by atoms with van der Waals surface area (Å²) < 4.78 is 10.4. The summed E-state index contributed by atoms with van der Waals surface area (Å²) in [4.78, 5) is 3.96. The third-order valence-corrected chi connectivity index (χ3v) is 2.06. The van der Waals surface area contributed by atoms with Crippen LogP contribution in [0.25, 0.3) is 0 Å². The minimum absolute atomic E-state index is 0.303. The number of aromatic nitrogens is 1. The number of nitrogens with two attached hydrogens (primary N) is 1. The van der Waals surface area contributed by atoms with E-state index < -0.39 is 6.10 Å². The van der Waals surface area contributed by atoms with E-state index in [1.165, 1.54) is 0 Å². The van der Waals surface area contributed by atoms with Crippen molar-refractivity contribution in [3.05, 3.63) is 18.3 Å². The topological polar surface area (TPSA) is 77.6 Å². The first-order chi connectivity index (χ1) is 6.77. The molecule has 2 atom stereocenters. The zero-order valence-electron chi connectivity index (χ0n) is 7.59. The van der Waals surface area contributed by atoms with E-state index in [9.17, 15) is 5.11 Å². The molecule has 0 aromatic carbocycles. The number of hydrogen-bond donors (Lipinski definition) is 2. The molecule has 14 heavy (non-hydrogen) atoms. The highest BCUT2D eigenvalue weighted by molar-refractivity contribution is 5.46. The third kappa shape index (κ3) is 1.78. The molecule has 3 N–H and O–H groups in total. The van der Waals surface area contributed by atoms with Gasteiger partial charge in [0.1, 0.15) is 6.10 Å². The van der Waals surface area contributed by atoms with Gasteiger partial charge in [0.15, 0.2) is 6.10 Å². The number of aliphatic hydroxyl groups excluding tert-OH is 1. The Morgan fingerprint density at radius 1 is 1.57 bits per heavy atom. The summed E-state index contributed by atoms with van der Waals surface area (Å²) >= 11 is 0. The molecule has 76 valence electrons. The van der Waals surface area contributed by atoms with Crippen molar-refractivity contribution in [3.63, 3.8) is 0 Å². The minimum Gasteiger partial charge on any atom is -0.468 e. The Kier molecular flexibility index (Phi) is 2.51. The van der Waals surface area contributed by atoms with Crippen LogP contribution in [0.4, 0.5) is 5.69 Å². The molecular formula is C9H12N2O3. The average Bonchev–Trinajstić information content (AvgIpc) is 2.56. The van der Waals surface area contributed by atoms with Gasteiger partial charge in [-0.25, -0.2) is 4.98 Å². The second-order valence-corrected chi connectivity index (χ2v) is 3.16. The summed E-state index contributed by atoms with van der Waals surface area (Å²) in [5.41, 5.74) is 6.10. The number of hydrogen-bond acceptors (Lipinski definition) is 5. The first-order valence-corrected chi connectivity index (χ1v) is 4.40. The van der Waals surface area contributed by atoms with Crippen LogP contribution in [0.1, 0.15) is 0 Å². The van der Waals surface area contributed by atoms with Crippen molar-refractivity contribution in [1.29, 1.82) is 0 Å². The Bertz CT molecular complexity index is 319. The van der Waals surface area contributed by atoms with Gasteiger partial charge in [-0.3, -0.25) is 0 Å². The maximum Gasteiger partial charge on any atom is 0.237 e. The number of pyridine rings is 1. The van der Waals surface area contributed by atoms with Crippen LogP contribution in [-0.2, 0) is 4.74 Å². The monoisotopic (exact) mass is 196 g/mol. The largest absolute Gasteiger partial charge is 0.468 e. The summed E-state index contributed by atoms with van der Waals surface area (Å²) in [6.07, 6.45) is 0.622. The highest BCUT2D eigenvalue weighted by Crippen LogP contribution is 2.20. The van der Waals surface area contributed by atoms with E-state index in [0.717, 1.165) is 0 Å². The normalized spacial score (nSPS) is 26.4. The lowest BCUT2D eigenvalue weighted by molar-refractivity contribution is 0.0709. The van der Waals surface area contributed by atoms with Gasteiger partial charge in [-0.05, 0) is 12.1 Å². The smallest absolute Gasteiger partial charge is 0.237 e. The summed E-state index contributed by atoms with van der Waals surface area (Å²) in [5.74, 6) is 0.349. The van der Waals surface area contributed by atoms with Crippen molar-refractivity contribution in [3.8, 4) is 5.88 Å². The van der Waals surface area contributed by atoms with Crippen LogP contribution in [0.3, 0.4) is 0 Å². The number of ether oxygens (including phenoxy) is 2. The average molecular weight is 196 g/mol. The molecule has 0 unspecified atom stereocenters. The Morgan fingerprint density at radius 3 is 3.07 bits per heavy atom. The molecule has 0 aliphatic carbocycles. The molecule has 0 radical (unpaired) electrons. The fourth-order valence-electron chi connectivity index (χ4n) is 1.28. The number of nitrogen functional groups attached to an aromatic ring is 1. The predicted octanol–water partition coefficient (Wildman–Crippen LogP) is -0.198. The van der Waals surface area contributed by atoms with E-state index in [2.05, 4.69) is 4.98 Å². The van der Waals surface area contributed by atoms with Crippen LogP contribution in [0, 0.1) is 0 Å². The molecule has 1 aromatic heterocycles. The van der Waals surface area contributed by atoms with Crippen LogP contribution in [0.15, 0.2) is 18.3 Å². The van der Waals surface area contributed by atoms with Gasteiger partial charge in [-0.1, -0.05) is 0 Å². The molecule has 1 aliphatic heterocycles. The van der Waals surface area contributed by atoms with Crippen molar-refractivity contribution >= 4 is 5.69 Å². The fourth-order valence-corrected chi connectivity index (χ4v) is 1.28. The van der Waals surface area contributed by atoms with Gasteiger partial charge in [-0.2, -0.15) is 0 Å². The van der Waals surface area contributed by atoms with Crippen molar-refractivity contribution in [2.75, 3.05) is 18.9 Å². The summed E-state index contributed by atoms with van der Waals surface area (Å²) in [6.45, 7) is 0.675. The van der Waals surface area contributed by atoms with E-state index in [-0.39, 0.29) is 6.10 Å². The Hall–Kier alpha value is -1.33. The van der Waals surface area contributed by atoms with Gasteiger partial charge in [0.2, 0.25) is 5.88 Å². The Labute approximate surface area is 81.5 Å². The molecule has 0 saturated carbocycles. The molecule has 2 rings (SSSR count). The number of aliphatic hydroxyl groups is 1. The zero-order valence-corrected chi connectivity index (χ0v) is 7.59. The van der Waals surface area contributed by atoms with Gasteiger partial charge in [0, 0.05) is 6.20 Å². The molecule has 2 heterocycles. The first kappa shape index (κ1) is 9.23. The van der Waals surface area contributed by atoms with Crippen LogP contribution in [0.2, 0.25) is 0 Å². The lowest BCUT2D eigenvalue weighted by Crippen LogP contribution is -2.30. The van der Waals surface area contributed by atoms with Crippen molar-refractivity contribution in [2.45, 2.75) is 12.2 Å². The predicted molar refractivity (Wildman–Crippen MR) is 49.9 cm³/mol. The van der Waals surface area contributed by atoms with E-state index in [1.807, 2.05) is 0 Å². The molecule has 5 nitrogen and oxygen atoms in total. The summed E-state index contributed by atoms with van der Waals surface area (Å²) in [5, 5.41) is 9.42. The van der Waals surface area contributed by atoms with Crippen LogP contribution in [0.5, 0.6) is 5.88 Å². The SMILES string of the molecule is Nc1cccnc1O[C@@H]1COC[C@H]1O. The molecule has 1 fully saturated rings. The third-order valence-electron chi connectivity index (χ3n) is 2.06. The molecule has 1 aromatic rings. The quantitative estimate of drug-likeness (QED) is 0.685.